The number of amides is 11. The number of aliphatic hydroxyl groups is 2. The molecule has 0 saturated heterocycles. The Morgan fingerprint density at radius 3 is 1.33 bits per heavy atom. The molecule has 89 heavy (non-hydrogen) atoms. The molecule has 1 rings (SSSR count). The van der Waals surface area contributed by atoms with Crippen LogP contribution in [-0.2, 0) is 64.0 Å². The van der Waals surface area contributed by atoms with Crippen molar-refractivity contribution in [3.05, 3.63) is 29.8 Å². The highest BCUT2D eigenvalue weighted by atomic mass is 16.4. The number of nitrogens with two attached hydrogens (primary N) is 4. The standard InChI is InChI=1S/C55H94N18O16/c1-27(2)22-37(44(57)80)69-46(82)35(13-10-20-62-54(58)59)68-50(86)39(24-32-15-17-33(77)18-16-32)70-47(83)34(12-8-9-19-56)66-51(87)40(25-42(78)79)71-53(89)43(30(6)75)73-45(81)29(5)64-52(88)41(26-74)72-48(84)36(14-11-21-63-55(60)61)67-49(85)38(23-28(3)4)65-31(7)76/h15-18,27-30,34-41,43,74-75,77H,8-14,19-26,56H2,1-7H3,(H2,57,80)(H,64,88)(H,65,76)(H,66,87)(H,67,85)(H,68,86)(H,69,82)(H,70,83)(H,71,89)(H,72,84)(H,73,81)(H,78,79)(H4,58,59,62)(H4,60,61,63)/t29-,30+,34-,35-,36-,37-,38-,39-,40-,41-,43-/m0/s1. The lowest BCUT2D eigenvalue weighted by Crippen LogP contribution is -2.62. The monoisotopic (exact) mass is 1260 g/mol. The molecular weight excluding hydrogens is 1170 g/mol. The van der Waals surface area contributed by atoms with Gasteiger partial charge in [0, 0.05) is 26.4 Å². The Morgan fingerprint density at radius 1 is 0.494 bits per heavy atom. The normalized spacial score (nSPS) is 14.7. The van der Waals surface area contributed by atoms with Crippen molar-refractivity contribution in [3.8, 4) is 5.75 Å². The Morgan fingerprint density at radius 2 is 0.899 bits per heavy atom. The predicted molar refractivity (Wildman–Crippen MR) is 323 cm³/mol. The van der Waals surface area contributed by atoms with Gasteiger partial charge in [-0.05, 0) is 108 Å². The van der Waals surface area contributed by atoms with Crippen molar-refractivity contribution in [2.24, 2.45) is 34.8 Å². The number of nitrogens with one attached hydrogen (secondary N) is 14. The number of aliphatic carboxylic acids is 1. The molecule has 0 radical (unpaired) electrons. The molecule has 0 aliphatic heterocycles. The van der Waals surface area contributed by atoms with Crippen molar-refractivity contribution in [2.45, 2.75) is 186 Å². The minimum atomic E-state index is -2.02. The van der Waals surface area contributed by atoms with Crippen LogP contribution in [0.15, 0.2) is 24.3 Å². The summed E-state index contributed by atoms with van der Waals surface area (Å²) in [5.74, 6) is -13.4. The first kappa shape index (κ1) is 78.1. The third kappa shape index (κ3) is 31.5. The highest BCUT2D eigenvalue weighted by Crippen LogP contribution is 2.14. The van der Waals surface area contributed by atoms with E-state index < -0.39 is 150 Å². The minimum absolute atomic E-state index is 0.0707. The molecule has 0 saturated carbocycles. The zero-order valence-electron chi connectivity index (χ0n) is 51.4. The third-order valence-corrected chi connectivity index (χ3v) is 13.2. The summed E-state index contributed by atoms with van der Waals surface area (Å²) in [6.07, 6.45) is -2.42. The molecule has 1 aromatic carbocycles. The van der Waals surface area contributed by atoms with Gasteiger partial charge in [0.05, 0.1) is 19.1 Å². The summed E-state index contributed by atoms with van der Waals surface area (Å²) in [4.78, 5) is 161. The average Bonchev–Trinajstić information content (AvgIpc) is 2.29. The number of hydrogen-bond acceptors (Lipinski definition) is 18. The van der Waals surface area contributed by atoms with Gasteiger partial charge >= 0.3 is 5.97 Å². The van der Waals surface area contributed by atoms with Crippen LogP contribution in [0.25, 0.3) is 0 Å². The number of carbonyl (C=O) groups is 12. The lowest BCUT2D eigenvalue weighted by atomic mass is 10.0. The topological polar surface area (TPSA) is 582 Å². The highest BCUT2D eigenvalue weighted by Gasteiger charge is 2.37. The predicted octanol–water partition coefficient (Wildman–Crippen LogP) is -6.10. The lowest BCUT2D eigenvalue weighted by Gasteiger charge is -2.28. The molecule has 500 valence electrons. The van der Waals surface area contributed by atoms with E-state index >= 15 is 0 Å². The highest BCUT2D eigenvalue weighted by molar-refractivity contribution is 5.99. The SMILES string of the molecule is CC(=O)N[C@@H](CC(C)C)C(=O)N[C@@H](CCCNC(=N)N)C(=O)N[C@@H](CO)C(=O)N[C@@H](C)C(=O)N[C@H](C(=O)N[C@@H](CC(=O)O)C(=O)N[C@@H](CCCCN)C(=O)N[C@@H](Cc1ccc(O)cc1)C(=O)N[C@@H](CCCNC(=N)N)C(=O)N[C@@H](CC(C)C)C(N)=O)[C@@H](C)O. The first-order valence-corrected chi connectivity index (χ1v) is 29.1. The molecule has 34 heteroatoms. The molecule has 1 aromatic rings. The Balaban J connectivity index is 3.50. The van der Waals surface area contributed by atoms with Gasteiger partial charge in [0.1, 0.15) is 66.2 Å². The summed E-state index contributed by atoms with van der Waals surface area (Å²) < 4.78 is 0. The zero-order valence-corrected chi connectivity index (χ0v) is 51.4. The number of unbranched alkanes of at least 4 members (excludes halogenated alkanes) is 1. The molecule has 0 aliphatic rings. The van der Waals surface area contributed by atoms with E-state index in [9.17, 15) is 78.0 Å². The van der Waals surface area contributed by atoms with Crippen LogP contribution in [0.3, 0.4) is 0 Å². The lowest BCUT2D eigenvalue weighted by molar-refractivity contribution is -0.142. The fourth-order valence-electron chi connectivity index (χ4n) is 8.64. The number of carboxylic acid groups (broad SMARTS) is 1. The molecule has 0 bridgehead atoms. The minimum Gasteiger partial charge on any atom is -0.508 e. The number of phenols is 1. The van der Waals surface area contributed by atoms with Gasteiger partial charge in [-0.25, -0.2) is 0 Å². The van der Waals surface area contributed by atoms with E-state index in [0.717, 1.165) is 13.8 Å². The molecule has 11 amide bonds. The van der Waals surface area contributed by atoms with E-state index in [1.54, 1.807) is 27.7 Å². The van der Waals surface area contributed by atoms with Gasteiger partial charge < -0.3 is 107 Å². The van der Waals surface area contributed by atoms with Crippen molar-refractivity contribution in [2.75, 3.05) is 26.2 Å². The Bertz CT molecular complexity index is 2570. The zero-order chi connectivity index (χ0) is 67.7. The molecule has 11 atom stereocenters. The van der Waals surface area contributed by atoms with Gasteiger partial charge in [0.25, 0.3) is 0 Å². The first-order valence-electron chi connectivity index (χ1n) is 29.1. The first-order chi connectivity index (χ1) is 41.7. The maximum absolute atomic E-state index is 14.4. The van der Waals surface area contributed by atoms with Crippen molar-refractivity contribution in [1.29, 1.82) is 10.8 Å². The number of carbonyl (C=O) groups excluding carboxylic acids is 11. The molecule has 34 nitrogen and oxygen atoms in total. The Kier molecular flexibility index (Phi) is 35.6. The molecule has 0 fully saturated rings. The van der Waals surface area contributed by atoms with Crippen molar-refractivity contribution in [3.63, 3.8) is 0 Å². The molecule has 0 spiro atoms. The number of aliphatic hydroxyl groups excluding tert-OH is 2. The third-order valence-electron chi connectivity index (χ3n) is 13.2. The number of benzene rings is 1. The second kappa shape index (κ2) is 40.5. The van der Waals surface area contributed by atoms with Crippen LogP contribution in [-0.4, -0.2) is 196 Å². The molecular formula is C55H94N18O16. The number of hydrogen-bond donors (Lipinski definition) is 22. The van der Waals surface area contributed by atoms with Crippen molar-refractivity contribution >= 4 is 82.9 Å². The maximum Gasteiger partial charge on any atom is 0.305 e. The van der Waals surface area contributed by atoms with Crippen molar-refractivity contribution < 1.29 is 78.0 Å². The maximum atomic E-state index is 14.4. The van der Waals surface area contributed by atoms with Crippen LogP contribution in [0.4, 0.5) is 0 Å². The van der Waals surface area contributed by atoms with Gasteiger partial charge in [-0.3, -0.25) is 68.4 Å². The van der Waals surface area contributed by atoms with Crippen LogP contribution >= 0.6 is 0 Å². The van der Waals surface area contributed by atoms with Crippen LogP contribution < -0.4 is 86.7 Å². The smallest absolute Gasteiger partial charge is 0.305 e. The van der Waals surface area contributed by atoms with Gasteiger partial charge in [0.2, 0.25) is 65.0 Å². The number of rotatable bonds is 42. The average molecular weight is 1260 g/mol. The molecule has 0 unspecified atom stereocenters. The van der Waals surface area contributed by atoms with E-state index in [-0.39, 0.29) is 107 Å². The van der Waals surface area contributed by atoms with E-state index in [2.05, 4.69) is 63.8 Å². The summed E-state index contributed by atoms with van der Waals surface area (Å²) in [7, 11) is 0. The number of primary amides is 1. The van der Waals surface area contributed by atoms with E-state index in [1.807, 2.05) is 0 Å². The van der Waals surface area contributed by atoms with Crippen molar-refractivity contribution in [1.82, 2.24) is 63.8 Å². The van der Waals surface area contributed by atoms with E-state index in [1.165, 1.54) is 31.2 Å². The van der Waals surface area contributed by atoms with E-state index in [0.29, 0.717) is 12.0 Å². The number of aromatic hydroxyl groups is 1. The molecule has 0 aliphatic carbocycles. The second-order valence-electron chi connectivity index (χ2n) is 22.2. The number of phenolic OH excluding ortho intramolecular Hbond substituents is 1. The number of carboxylic acids is 1. The molecule has 0 heterocycles. The van der Waals surface area contributed by atoms with Crippen LogP contribution in [0.5, 0.6) is 5.75 Å². The summed E-state index contributed by atoms with van der Waals surface area (Å²) in [5.41, 5.74) is 22.5. The van der Waals surface area contributed by atoms with Gasteiger partial charge in [-0.2, -0.15) is 0 Å². The molecule has 0 aromatic heterocycles. The van der Waals surface area contributed by atoms with Gasteiger partial charge in [-0.1, -0.05) is 39.8 Å². The largest absolute Gasteiger partial charge is 0.508 e. The summed E-state index contributed by atoms with van der Waals surface area (Å²) in [6, 6.07) is -9.87. The number of guanidine groups is 2. The quantitative estimate of drug-likeness (QED) is 0.0165. The fraction of sp³-hybridized carbons (Fsp3) is 0.636. The van der Waals surface area contributed by atoms with E-state index in [4.69, 9.17) is 33.8 Å². The summed E-state index contributed by atoms with van der Waals surface area (Å²) >= 11 is 0. The Labute approximate surface area is 516 Å². The molecule has 26 N–H and O–H groups in total. The van der Waals surface area contributed by atoms with Crippen LogP contribution in [0.2, 0.25) is 0 Å². The van der Waals surface area contributed by atoms with Crippen LogP contribution in [0.1, 0.15) is 118 Å². The Hall–Kier alpha value is -8.92. The van der Waals surface area contributed by atoms with Gasteiger partial charge in [-0.15, -0.1) is 0 Å². The van der Waals surface area contributed by atoms with Gasteiger partial charge in [0.15, 0.2) is 11.9 Å². The summed E-state index contributed by atoms with van der Waals surface area (Å²) in [5, 5.41) is 85.0. The second-order valence-corrected chi connectivity index (χ2v) is 22.2. The fourth-order valence-corrected chi connectivity index (χ4v) is 8.64. The summed E-state index contributed by atoms with van der Waals surface area (Å²) in [6.45, 7) is 9.84. The van der Waals surface area contributed by atoms with Crippen LogP contribution in [0, 0.1) is 22.7 Å².